The van der Waals surface area contributed by atoms with E-state index in [1.165, 1.54) is 0 Å². The van der Waals surface area contributed by atoms with Crippen LogP contribution >= 0.6 is 12.2 Å². The Balaban J connectivity index is 1.98. The summed E-state index contributed by atoms with van der Waals surface area (Å²) in [4.78, 5) is 1.85. The zero-order chi connectivity index (χ0) is 15.2. The molecule has 2 heterocycles. The van der Waals surface area contributed by atoms with Crippen LogP contribution in [0, 0.1) is 0 Å². The summed E-state index contributed by atoms with van der Waals surface area (Å²) in [6.07, 6.45) is 0. The van der Waals surface area contributed by atoms with E-state index in [4.69, 9.17) is 21.7 Å². The lowest BCUT2D eigenvalue weighted by Gasteiger charge is -2.24. The first kappa shape index (κ1) is 14.4. The zero-order valence-electron chi connectivity index (χ0n) is 11.7. The molecule has 0 aromatic heterocycles. The highest BCUT2D eigenvalue weighted by molar-refractivity contribution is 7.91. The second-order valence-electron chi connectivity index (χ2n) is 5.11. The van der Waals surface area contributed by atoms with Gasteiger partial charge in [0.15, 0.2) is 26.4 Å². The molecule has 6 nitrogen and oxygen atoms in total. The molecule has 3 rings (SSSR count). The molecule has 8 heteroatoms. The lowest BCUT2D eigenvalue weighted by molar-refractivity contribution is 0.355. The largest absolute Gasteiger partial charge is 0.493 e. The van der Waals surface area contributed by atoms with Gasteiger partial charge in [-0.1, -0.05) is 0 Å². The molecule has 1 aromatic carbocycles. The predicted octanol–water partition coefficient (Wildman–Crippen LogP) is 0.564. The number of thiocarbonyl (C=S) groups is 1. The number of fused-ring (bicyclic) bond motifs is 1. The Hall–Kier alpha value is -1.54. The molecular weight excluding hydrogens is 312 g/mol. The smallest absolute Gasteiger partial charge is 0.174 e. The maximum absolute atomic E-state index is 11.8. The van der Waals surface area contributed by atoms with E-state index in [9.17, 15) is 8.42 Å². The van der Waals surface area contributed by atoms with Crippen molar-refractivity contribution in [2.45, 2.75) is 12.1 Å². The third kappa shape index (κ3) is 2.42. The monoisotopic (exact) mass is 328 g/mol. The second kappa shape index (κ2) is 5.03. The van der Waals surface area contributed by atoms with E-state index in [0.717, 1.165) is 5.69 Å². The van der Waals surface area contributed by atoms with Gasteiger partial charge in [-0.25, -0.2) is 8.42 Å². The van der Waals surface area contributed by atoms with Gasteiger partial charge in [-0.05, 0) is 24.4 Å². The van der Waals surface area contributed by atoms with Crippen molar-refractivity contribution >= 4 is 32.9 Å². The molecule has 1 N–H and O–H groups in total. The molecular formula is C13H16N2O4S2. The Labute approximate surface area is 128 Å². The molecule has 2 aliphatic rings. The van der Waals surface area contributed by atoms with E-state index in [2.05, 4.69) is 5.32 Å². The summed E-state index contributed by atoms with van der Waals surface area (Å²) >= 11 is 5.34. The first-order valence-corrected chi connectivity index (χ1v) is 8.70. The van der Waals surface area contributed by atoms with Crippen molar-refractivity contribution in [3.8, 4) is 11.5 Å². The summed E-state index contributed by atoms with van der Waals surface area (Å²) in [5, 5.41) is 3.64. The number of methoxy groups -OCH3 is 2. The summed E-state index contributed by atoms with van der Waals surface area (Å²) < 4.78 is 34.1. The van der Waals surface area contributed by atoms with E-state index in [1.807, 2.05) is 11.0 Å². The van der Waals surface area contributed by atoms with Crippen LogP contribution < -0.4 is 19.7 Å². The number of ether oxygens (including phenoxy) is 2. The van der Waals surface area contributed by atoms with Crippen LogP contribution in [0.2, 0.25) is 0 Å². The highest BCUT2D eigenvalue weighted by Gasteiger charge is 2.47. The topological polar surface area (TPSA) is 67.9 Å². The number of hydrogen-bond acceptors (Lipinski definition) is 5. The number of benzene rings is 1. The predicted molar refractivity (Wildman–Crippen MR) is 84.0 cm³/mol. The maximum atomic E-state index is 11.8. The summed E-state index contributed by atoms with van der Waals surface area (Å²) in [6, 6.07) is 5.13. The quantitative estimate of drug-likeness (QED) is 0.813. The molecule has 1 aromatic rings. The van der Waals surface area contributed by atoms with Crippen LogP contribution in [0.5, 0.6) is 11.5 Å². The van der Waals surface area contributed by atoms with Crippen LogP contribution in [0.1, 0.15) is 0 Å². The molecule has 0 radical (unpaired) electrons. The first-order valence-electron chi connectivity index (χ1n) is 6.47. The summed E-state index contributed by atoms with van der Waals surface area (Å²) in [6.45, 7) is 0. The van der Waals surface area contributed by atoms with Gasteiger partial charge in [0.05, 0.1) is 37.8 Å². The second-order valence-corrected chi connectivity index (χ2v) is 7.65. The van der Waals surface area contributed by atoms with Gasteiger partial charge in [0.1, 0.15) is 0 Å². The van der Waals surface area contributed by atoms with Crippen LogP contribution in [-0.2, 0) is 9.84 Å². The SMILES string of the molecule is COc1ccc(N2C(=S)NC3CS(=O)(=O)CC32)cc1OC. The minimum atomic E-state index is -3.02. The van der Waals surface area contributed by atoms with Crippen LogP contribution in [0.25, 0.3) is 0 Å². The fraction of sp³-hybridized carbons (Fsp3) is 0.462. The Kier molecular flexibility index (Phi) is 3.45. The number of nitrogens with zero attached hydrogens (tertiary/aromatic N) is 1. The molecule has 2 saturated heterocycles. The van der Waals surface area contributed by atoms with Crippen LogP contribution in [-0.4, -0.2) is 51.3 Å². The van der Waals surface area contributed by atoms with Gasteiger partial charge in [0.2, 0.25) is 0 Å². The van der Waals surface area contributed by atoms with Crippen molar-refractivity contribution in [3.63, 3.8) is 0 Å². The van der Waals surface area contributed by atoms with Gasteiger partial charge >= 0.3 is 0 Å². The van der Waals surface area contributed by atoms with E-state index in [0.29, 0.717) is 16.6 Å². The Bertz CT molecular complexity index is 689. The van der Waals surface area contributed by atoms with Gasteiger partial charge in [-0.15, -0.1) is 0 Å². The van der Waals surface area contributed by atoms with Gasteiger partial charge in [-0.3, -0.25) is 0 Å². The third-order valence-electron chi connectivity index (χ3n) is 3.83. The molecule has 21 heavy (non-hydrogen) atoms. The Morgan fingerprint density at radius 2 is 1.95 bits per heavy atom. The number of hydrogen-bond donors (Lipinski definition) is 1. The van der Waals surface area contributed by atoms with Crippen molar-refractivity contribution in [1.29, 1.82) is 0 Å². The first-order chi connectivity index (χ1) is 9.95. The van der Waals surface area contributed by atoms with Crippen LogP contribution in [0.3, 0.4) is 0 Å². The van der Waals surface area contributed by atoms with E-state index in [-0.39, 0.29) is 23.6 Å². The van der Waals surface area contributed by atoms with Gasteiger partial charge < -0.3 is 19.7 Å². The molecule has 0 aliphatic carbocycles. The van der Waals surface area contributed by atoms with E-state index < -0.39 is 9.84 Å². The minimum Gasteiger partial charge on any atom is -0.493 e. The molecule has 0 bridgehead atoms. The number of nitrogens with one attached hydrogen (secondary N) is 1. The number of anilines is 1. The van der Waals surface area contributed by atoms with Crippen molar-refractivity contribution < 1.29 is 17.9 Å². The van der Waals surface area contributed by atoms with E-state index >= 15 is 0 Å². The molecule has 2 fully saturated rings. The fourth-order valence-corrected chi connectivity index (χ4v) is 5.17. The van der Waals surface area contributed by atoms with Crippen molar-refractivity contribution in [2.75, 3.05) is 30.6 Å². The summed E-state index contributed by atoms with van der Waals surface area (Å²) in [7, 11) is 0.111. The van der Waals surface area contributed by atoms with Crippen molar-refractivity contribution in [1.82, 2.24) is 5.32 Å². The maximum Gasteiger partial charge on any atom is 0.174 e. The van der Waals surface area contributed by atoms with Crippen molar-refractivity contribution in [2.24, 2.45) is 0 Å². The highest BCUT2D eigenvalue weighted by atomic mass is 32.2. The molecule has 2 atom stereocenters. The average molecular weight is 328 g/mol. The lowest BCUT2D eigenvalue weighted by atomic mass is 10.1. The molecule has 2 aliphatic heterocycles. The van der Waals surface area contributed by atoms with Crippen LogP contribution in [0.15, 0.2) is 18.2 Å². The molecule has 0 amide bonds. The fourth-order valence-electron chi connectivity index (χ4n) is 2.88. The molecule has 114 valence electrons. The molecule has 0 spiro atoms. The third-order valence-corrected chi connectivity index (χ3v) is 5.86. The highest BCUT2D eigenvalue weighted by Crippen LogP contribution is 2.35. The summed E-state index contributed by atoms with van der Waals surface area (Å²) in [5.41, 5.74) is 0.801. The number of rotatable bonds is 3. The Morgan fingerprint density at radius 3 is 2.62 bits per heavy atom. The Morgan fingerprint density at radius 1 is 1.24 bits per heavy atom. The normalized spacial score (nSPS) is 26.4. The summed E-state index contributed by atoms with van der Waals surface area (Å²) in [5.74, 6) is 1.44. The number of sulfone groups is 1. The van der Waals surface area contributed by atoms with Crippen molar-refractivity contribution in [3.05, 3.63) is 18.2 Å². The van der Waals surface area contributed by atoms with Crippen LogP contribution in [0.4, 0.5) is 5.69 Å². The average Bonchev–Trinajstić information content (AvgIpc) is 2.88. The standard InChI is InChI=1S/C13H16N2O4S2/c1-18-11-4-3-8(5-12(11)19-2)15-10-7-21(16,17)6-9(10)14-13(15)20/h3-5,9-10H,6-7H2,1-2H3,(H,14,20). The molecule has 2 unspecified atom stereocenters. The van der Waals surface area contributed by atoms with E-state index in [1.54, 1.807) is 26.4 Å². The zero-order valence-corrected chi connectivity index (χ0v) is 13.3. The lowest BCUT2D eigenvalue weighted by Crippen LogP contribution is -2.36. The van der Waals surface area contributed by atoms with Gasteiger partial charge in [0.25, 0.3) is 0 Å². The molecule has 0 saturated carbocycles. The minimum absolute atomic E-state index is 0.110. The van der Waals surface area contributed by atoms with Gasteiger partial charge in [0, 0.05) is 11.8 Å². The van der Waals surface area contributed by atoms with Gasteiger partial charge in [-0.2, -0.15) is 0 Å².